The number of fused-ring (bicyclic) bond motifs is 1. The Balaban J connectivity index is 1.29. The Morgan fingerprint density at radius 2 is 2.00 bits per heavy atom. The summed E-state index contributed by atoms with van der Waals surface area (Å²) in [6, 6.07) is 14.1. The zero-order valence-corrected chi connectivity index (χ0v) is 22.0. The molecular formula is C29H27FN4O3S. The van der Waals surface area contributed by atoms with Gasteiger partial charge in [0.2, 0.25) is 0 Å². The fraction of sp³-hybridized carbons (Fsp3) is 0.241. The van der Waals surface area contributed by atoms with Crippen LogP contribution in [-0.2, 0) is 24.2 Å². The van der Waals surface area contributed by atoms with Gasteiger partial charge in [0.15, 0.2) is 0 Å². The van der Waals surface area contributed by atoms with Crippen molar-refractivity contribution in [1.29, 1.82) is 0 Å². The van der Waals surface area contributed by atoms with Gasteiger partial charge in [-0.1, -0.05) is 24.2 Å². The van der Waals surface area contributed by atoms with Crippen LogP contribution in [0.2, 0.25) is 0 Å². The fourth-order valence-corrected chi connectivity index (χ4v) is 5.09. The lowest BCUT2D eigenvalue weighted by molar-refractivity contribution is -0.117. The molecule has 0 amide bonds. The first kappa shape index (κ1) is 25.7. The largest absolute Gasteiger partial charge is 0.456 e. The first-order valence-corrected chi connectivity index (χ1v) is 13.2. The number of rotatable bonds is 11. The molecule has 0 aliphatic carbocycles. The second-order valence-electron chi connectivity index (χ2n) is 9.04. The molecule has 0 aliphatic heterocycles. The summed E-state index contributed by atoms with van der Waals surface area (Å²) in [6.07, 6.45) is 4.70. The molecule has 5 rings (SSSR count). The van der Waals surface area contributed by atoms with Gasteiger partial charge in [-0.05, 0) is 49.2 Å². The van der Waals surface area contributed by atoms with Crippen molar-refractivity contribution in [1.82, 2.24) is 20.4 Å². The van der Waals surface area contributed by atoms with Gasteiger partial charge in [-0.15, -0.1) is 11.3 Å². The highest BCUT2D eigenvalue weighted by Gasteiger charge is 2.15. The van der Waals surface area contributed by atoms with Gasteiger partial charge < -0.3 is 14.6 Å². The van der Waals surface area contributed by atoms with Crippen LogP contribution < -0.4 is 10.1 Å². The number of benzene rings is 1. The minimum absolute atomic E-state index is 0.0355. The average molecular weight is 531 g/mol. The minimum Gasteiger partial charge on any atom is -0.456 e. The number of Topliss-reactive ketones (excluding diaryl/α,β-unsaturated/α-hetero) is 1. The molecule has 0 saturated heterocycles. The van der Waals surface area contributed by atoms with E-state index in [9.17, 15) is 9.18 Å². The number of thiophene rings is 1. The molecule has 7 nitrogen and oxygen atoms in total. The number of hydrogen-bond acceptors (Lipinski definition) is 8. The van der Waals surface area contributed by atoms with E-state index in [1.165, 1.54) is 17.4 Å². The highest BCUT2D eigenvalue weighted by Crippen LogP contribution is 2.38. The lowest BCUT2D eigenvalue weighted by Crippen LogP contribution is -2.13. The zero-order chi connectivity index (χ0) is 26.5. The molecular weight excluding hydrogens is 503 g/mol. The maximum Gasteiger partial charge on any atom is 0.148 e. The number of pyridine rings is 2. The van der Waals surface area contributed by atoms with Gasteiger partial charge in [-0.2, -0.15) is 0 Å². The quantitative estimate of drug-likeness (QED) is 0.197. The zero-order valence-electron chi connectivity index (χ0n) is 21.2. The van der Waals surface area contributed by atoms with Crippen molar-refractivity contribution in [3.05, 3.63) is 89.3 Å². The summed E-state index contributed by atoms with van der Waals surface area (Å²) in [5, 5.41) is 7.20. The van der Waals surface area contributed by atoms with Crippen LogP contribution in [0.1, 0.15) is 35.9 Å². The van der Waals surface area contributed by atoms with E-state index in [2.05, 4.69) is 33.4 Å². The van der Waals surface area contributed by atoms with E-state index in [0.29, 0.717) is 28.5 Å². The smallest absolute Gasteiger partial charge is 0.148 e. The molecule has 0 radical (unpaired) electrons. The Kier molecular flexibility index (Phi) is 7.86. The lowest BCUT2D eigenvalue weighted by Gasteiger charge is -2.08. The maximum atomic E-state index is 14.8. The van der Waals surface area contributed by atoms with Gasteiger partial charge in [0, 0.05) is 43.6 Å². The van der Waals surface area contributed by atoms with E-state index >= 15 is 0 Å². The number of halogens is 1. The average Bonchev–Trinajstić information content (AvgIpc) is 3.53. The summed E-state index contributed by atoms with van der Waals surface area (Å²) in [4.78, 5) is 22.4. The molecule has 0 spiro atoms. The molecule has 0 saturated carbocycles. The molecule has 0 aliphatic rings. The normalized spacial score (nSPS) is 11.2. The molecule has 0 unspecified atom stereocenters. The number of carbonyl (C=O) groups is 1. The van der Waals surface area contributed by atoms with E-state index in [4.69, 9.17) is 9.26 Å². The summed E-state index contributed by atoms with van der Waals surface area (Å²) < 4.78 is 26.7. The molecule has 9 heteroatoms. The predicted octanol–water partition coefficient (Wildman–Crippen LogP) is 6.44. The maximum absolute atomic E-state index is 14.8. The molecule has 4 aromatic heterocycles. The molecule has 0 atom stereocenters. The Labute approximate surface area is 223 Å². The van der Waals surface area contributed by atoms with Crippen LogP contribution in [0.5, 0.6) is 11.5 Å². The molecule has 0 bridgehead atoms. The van der Waals surface area contributed by atoms with E-state index in [1.54, 1.807) is 37.4 Å². The van der Waals surface area contributed by atoms with Crippen LogP contribution in [0, 0.1) is 12.7 Å². The number of nitrogens with zero attached hydrogens (tertiary/aromatic N) is 3. The van der Waals surface area contributed by atoms with Gasteiger partial charge in [0.25, 0.3) is 0 Å². The van der Waals surface area contributed by atoms with E-state index in [-0.39, 0.29) is 18.6 Å². The Bertz CT molecular complexity index is 1560. The number of aryl methyl sites for hydroxylation is 1. The van der Waals surface area contributed by atoms with Crippen molar-refractivity contribution >= 4 is 27.3 Å². The molecule has 0 fully saturated rings. The number of aromatic nitrogens is 3. The first-order chi connectivity index (χ1) is 18.5. The number of nitrogens with one attached hydrogen (secondary N) is 1. The second-order valence-corrected chi connectivity index (χ2v) is 10.1. The summed E-state index contributed by atoms with van der Waals surface area (Å²) in [5.74, 6) is 0.911. The molecule has 194 valence electrons. The summed E-state index contributed by atoms with van der Waals surface area (Å²) in [5.41, 5.74) is 3.62. The number of ether oxygens (including phenoxy) is 1. The highest BCUT2D eigenvalue weighted by atomic mass is 32.1. The number of hydrogen-bond donors (Lipinski definition) is 1. The van der Waals surface area contributed by atoms with Gasteiger partial charge >= 0.3 is 0 Å². The van der Waals surface area contributed by atoms with Crippen LogP contribution in [0.3, 0.4) is 0 Å². The van der Waals surface area contributed by atoms with E-state index in [1.807, 2.05) is 18.3 Å². The minimum atomic E-state index is -0.498. The summed E-state index contributed by atoms with van der Waals surface area (Å²) in [6.45, 7) is 5.66. The highest BCUT2D eigenvalue weighted by molar-refractivity contribution is 7.22. The van der Waals surface area contributed by atoms with E-state index in [0.717, 1.165) is 45.9 Å². The van der Waals surface area contributed by atoms with Gasteiger partial charge in [-0.3, -0.25) is 14.8 Å². The third-order valence-electron chi connectivity index (χ3n) is 5.90. The Morgan fingerprint density at radius 1 is 1.11 bits per heavy atom. The van der Waals surface area contributed by atoms with Crippen LogP contribution in [0.25, 0.3) is 20.8 Å². The van der Waals surface area contributed by atoms with Crippen molar-refractivity contribution < 1.29 is 18.4 Å². The van der Waals surface area contributed by atoms with Crippen LogP contribution in [-0.4, -0.2) is 27.5 Å². The van der Waals surface area contributed by atoms with Crippen molar-refractivity contribution in [2.45, 2.75) is 39.7 Å². The second kappa shape index (κ2) is 11.6. The third-order valence-corrected chi connectivity index (χ3v) is 7.07. The molecule has 5 aromatic rings. The van der Waals surface area contributed by atoms with E-state index < -0.39 is 5.82 Å². The monoisotopic (exact) mass is 530 g/mol. The van der Waals surface area contributed by atoms with Crippen molar-refractivity contribution in [2.24, 2.45) is 0 Å². The number of ketones is 1. The van der Waals surface area contributed by atoms with Gasteiger partial charge in [-0.25, -0.2) is 4.39 Å². The molecule has 4 heterocycles. The van der Waals surface area contributed by atoms with Crippen molar-refractivity contribution in [2.75, 3.05) is 6.54 Å². The van der Waals surface area contributed by atoms with Crippen LogP contribution in [0.15, 0.2) is 65.4 Å². The molecule has 38 heavy (non-hydrogen) atoms. The number of carbonyl (C=O) groups excluding carboxylic acids is 1. The van der Waals surface area contributed by atoms with Crippen LogP contribution in [0.4, 0.5) is 4.39 Å². The van der Waals surface area contributed by atoms with Crippen LogP contribution >= 0.6 is 11.3 Å². The molecule has 1 aromatic carbocycles. The SMILES string of the molecule is CCCNCc1ccc(-c2cc3nccc(Oc4ccc(CC(=O)Cc5cc(C)on5)c(F)c4)c3s2)nc1. The van der Waals surface area contributed by atoms with Crippen molar-refractivity contribution in [3.8, 4) is 22.1 Å². The fourth-order valence-electron chi connectivity index (χ4n) is 4.05. The van der Waals surface area contributed by atoms with Crippen molar-refractivity contribution in [3.63, 3.8) is 0 Å². The third kappa shape index (κ3) is 6.12. The first-order valence-electron chi connectivity index (χ1n) is 12.4. The Hall–Kier alpha value is -3.95. The topological polar surface area (TPSA) is 90.1 Å². The lowest BCUT2D eigenvalue weighted by atomic mass is 10.0. The Morgan fingerprint density at radius 3 is 2.74 bits per heavy atom. The van der Waals surface area contributed by atoms with Gasteiger partial charge in [0.05, 0.1) is 32.9 Å². The summed E-state index contributed by atoms with van der Waals surface area (Å²) in [7, 11) is 0. The molecule has 1 N–H and O–H groups in total. The van der Waals surface area contributed by atoms with Gasteiger partial charge in [0.1, 0.15) is 28.9 Å². The summed E-state index contributed by atoms with van der Waals surface area (Å²) >= 11 is 1.52. The predicted molar refractivity (Wildman–Crippen MR) is 145 cm³/mol. The standard InChI is InChI=1S/C29H27FN4O3S/c1-3-9-31-16-19-4-7-25(33-17-19)28-15-26-29(38-28)27(8-10-32-26)36-23-6-5-20(24(30)14-23)12-22(35)13-21-11-18(2)37-34-21/h4-8,10-11,14-15,17,31H,3,9,12-13,16H2,1-2H3.